The summed E-state index contributed by atoms with van der Waals surface area (Å²) < 4.78 is 0. The number of piperidine rings is 1. The molecule has 6 nitrogen and oxygen atoms in total. The molecule has 5 rings (SSSR count). The van der Waals surface area contributed by atoms with Gasteiger partial charge in [0, 0.05) is 48.4 Å². The van der Waals surface area contributed by atoms with E-state index in [1.165, 1.54) is 19.3 Å². The zero-order chi connectivity index (χ0) is 21.0. The maximum Gasteiger partial charge on any atom is 0.223 e. The molecule has 0 atom stereocenters. The maximum atomic E-state index is 12.6. The molecule has 0 radical (unpaired) electrons. The van der Waals surface area contributed by atoms with Gasteiger partial charge in [-0.05, 0) is 49.9 Å². The molecule has 1 saturated heterocycles. The van der Waals surface area contributed by atoms with Crippen molar-refractivity contribution in [3.05, 3.63) is 48.8 Å². The lowest BCUT2D eigenvalue weighted by molar-refractivity contribution is -0.126. The van der Waals surface area contributed by atoms with Crippen molar-refractivity contribution >= 4 is 22.6 Å². The Morgan fingerprint density at radius 3 is 2.52 bits per heavy atom. The van der Waals surface area contributed by atoms with Crippen molar-refractivity contribution in [2.24, 2.45) is 5.92 Å². The van der Waals surface area contributed by atoms with Gasteiger partial charge in [-0.2, -0.15) is 0 Å². The molecule has 1 aromatic carbocycles. The van der Waals surface area contributed by atoms with Crippen molar-refractivity contribution < 1.29 is 4.79 Å². The summed E-state index contributed by atoms with van der Waals surface area (Å²) in [6.45, 7) is 1.76. The molecule has 6 heteroatoms. The second-order valence-corrected chi connectivity index (χ2v) is 8.73. The molecule has 2 aromatic heterocycles. The van der Waals surface area contributed by atoms with Gasteiger partial charge in [-0.25, -0.2) is 9.97 Å². The summed E-state index contributed by atoms with van der Waals surface area (Å²) in [4.78, 5) is 28.9. The van der Waals surface area contributed by atoms with Crippen molar-refractivity contribution in [1.29, 1.82) is 0 Å². The van der Waals surface area contributed by atoms with Gasteiger partial charge in [0.05, 0.1) is 5.52 Å². The zero-order valence-corrected chi connectivity index (χ0v) is 17.8. The lowest BCUT2D eigenvalue weighted by atomic mass is 9.88. The predicted octanol–water partition coefficient (Wildman–Crippen LogP) is 4.36. The number of benzene rings is 1. The SMILES string of the molecule is O=C(NC1CCN(c2nc(-c3cccnc3)nc3ccccc23)CC1)C1CCCCC1. The normalized spacial score (nSPS) is 18.3. The highest BCUT2D eigenvalue weighted by Crippen LogP contribution is 2.30. The van der Waals surface area contributed by atoms with Gasteiger partial charge in [0.15, 0.2) is 5.82 Å². The maximum absolute atomic E-state index is 12.6. The van der Waals surface area contributed by atoms with Gasteiger partial charge in [-0.15, -0.1) is 0 Å². The molecule has 1 N–H and O–H groups in total. The van der Waals surface area contributed by atoms with Gasteiger partial charge < -0.3 is 10.2 Å². The number of amides is 1. The monoisotopic (exact) mass is 415 g/mol. The number of fused-ring (bicyclic) bond motifs is 1. The molecule has 1 aliphatic heterocycles. The van der Waals surface area contributed by atoms with E-state index in [0.717, 1.165) is 61.1 Å². The van der Waals surface area contributed by atoms with Crippen LogP contribution in [-0.4, -0.2) is 40.0 Å². The fourth-order valence-corrected chi connectivity index (χ4v) is 4.84. The Kier molecular flexibility index (Phi) is 5.78. The lowest BCUT2D eigenvalue weighted by Crippen LogP contribution is -2.46. The summed E-state index contributed by atoms with van der Waals surface area (Å²) in [7, 11) is 0. The summed E-state index contributed by atoms with van der Waals surface area (Å²) in [6.07, 6.45) is 11.2. The highest BCUT2D eigenvalue weighted by atomic mass is 16.1. The molecule has 1 amide bonds. The smallest absolute Gasteiger partial charge is 0.223 e. The average molecular weight is 416 g/mol. The number of pyridine rings is 1. The first-order chi connectivity index (χ1) is 15.3. The summed E-state index contributed by atoms with van der Waals surface area (Å²) in [5.41, 5.74) is 1.86. The van der Waals surface area contributed by atoms with E-state index >= 15 is 0 Å². The van der Waals surface area contributed by atoms with Gasteiger partial charge in [-0.1, -0.05) is 31.4 Å². The van der Waals surface area contributed by atoms with Crippen LogP contribution in [0.15, 0.2) is 48.8 Å². The summed E-state index contributed by atoms with van der Waals surface area (Å²) in [5.74, 6) is 2.17. The first-order valence-electron chi connectivity index (χ1n) is 11.5. The summed E-state index contributed by atoms with van der Waals surface area (Å²) >= 11 is 0. The highest BCUT2D eigenvalue weighted by molar-refractivity contribution is 5.91. The fourth-order valence-electron chi connectivity index (χ4n) is 4.84. The zero-order valence-electron chi connectivity index (χ0n) is 17.8. The standard InChI is InChI=1S/C25H29N5O/c31-25(18-7-2-1-3-8-18)27-20-12-15-30(16-13-20)24-21-10-4-5-11-22(21)28-23(29-24)19-9-6-14-26-17-19/h4-6,9-11,14,17-18,20H,1-3,7-8,12-13,15-16H2,(H,27,31). The fraction of sp³-hybridized carbons (Fsp3) is 0.440. The first kappa shape index (κ1) is 19.9. The third-order valence-electron chi connectivity index (χ3n) is 6.62. The number of anilines is 1. The lowest BCUT2D eigenvalue weighted by Gasteiger charge is -2.34. The molecular formula is C25H29N5O. The van der Waals surface area contributed by atoms with Crippen LogP contribution in [0.4, 0.5) is 5.82 Å². The van der Waals surface area contributed by atoms with Crippen LogP contribution in [0.5, 0.6) is 0 Å². The third kappa shape index (κ3) is 4.38. The molecule has 0 bridgehead atoms. The number of hydrogen-bond acceptors (Lipinski definition) is 5. The molecule has 0 spiro atoms. The van der Waals surface area contributed by atoms with Crippen molar-refractivity contribution in [3.8, 4) is 11.4 Å². The molecule has 160 valence electrons. The van der Waals surface area contributed by atoms with Crippen molar-refractivity contribution in [1.82, 2.24) is 20.3 Å². The Morgan fingerprint density at radius 1 is 0.935 bits per heavy atom. The molecule has 31 heavy (non-hydrogen) atoms. The van der Waals surface area contributed by atoms with Crippen molar-refractivity contribution in [2.45, 2.75) is 51.0 Å². The predicted molar refractivity (Wildman–Crippen MR) is 123 cm³/mol. The molecule has 1 aliphatic carbocycles. The quantitative estimate of drug-likeness (QED) is 0.686. The van der Waals surface area contributed by atoms with Gasteiger partial charge in [-0.3, -0.25) is 9.78 Å². The summed E-state index contributed by atoms with van der Waals surface area (Å²) in [5, 5.41) is 4.40. The first-order valence-corrected chi connectivity index (χ1v) is 11.5. The van der Waals surface area contributed by atoms with Crippen LogP contribution in [0, 0.1) is 5.92 Å². The minimum Gasteiger partial charge on any atom is -0.356 e. The van der Waals surface area contributed by atoms with E-state index in [4.69, 9.17) is 9.97 Å². The second-order valence-electron chi connectivity index (χ2n) is 8.73. The van der Waals surface area contributed by atoms with Crippen LogP contribution in [0.2, 0.25) is 0 Å². The molecule has 2 fully saturated rings. The van der Waals surface area contributed by atoms with Crippen LogP contribution in [-0.2, 0) is 4.79 Å². The molecule has 0 unspecified atom stereocenters. The van der Waals surface area contributed by atoms with Crippen LogP contribution >= 0.6 is 0 Å². The van der Waals surface area contributed by atoms with Crippen LogP contribution < -0.4 is 10.2 Å². The van der Waals surface area contributed by atoms with E-state index in [0.29, 0.717) is 5.82 Å². The minimum absolute atomic E-state index is 0.222. The van der Waals surface area contributed by atoms with Gasteiger partial charge >= 0.3 is 0 Å². The molecular weight excluding hydrogens is 386 g/mol. The van der Waals surface area contributed by atoms with Gasteiger partial charge in [0.2, 0.25) is 5.91 Å². The Morgan fingerprint density at radius 2 is 1.74 bits per heavy atom. The molecule has 3 heterocycles. The Balaban J connectivity index is 1.33. The minimum atomic E-state index is 0.222. The van der Waals surface area contributed by atoms with Crippen molar-refractivity contribution in [3.63, 3.8) is 0 Å². The van der Waals surface area contributed by atoms with Gasteiger partial charge in [0.1, 0.15) is 5.82 Å². The number of rotatable bonds is 4. The van der Waals surface area contributed by atoms with Crippen molar-refractivity contribution in [2.75, 3.05) is 18.0 Å². The Labute approximate surface area is 183 Å². The Hall–Kier alpha value is -3.02. The van der Waals surface area contributed by atoms with E-state index < -0.39 is 0 Å². The van der Waals surface area contributed by atoms with Gasteiger partial charge in [0.25, 0.3) is 0 Å². The molecule has 2 aliphatic rings. The van der Waals surface area contributed by atoms with E-state index in [1.54, 1.807) is 12.4 Å². The average Bonchev–Trinajstić information content (AvgIpc) is 2.85. The number of hydrogen-bond donors (Lipinski definition) is 1. The number of nitrogens with one attached hydrogen (secondary N) is 1. The number of nitrogens with zero attached hydrogens (tertiary/aromatic N) is 4. The number of para-hydroxylation sites is 1. The number of carbonyl (C=O) groups excluding carboxylic acids is 1. The second kappa shape index (κ2) is 9.00. The number of carbonyl (C=O) groups is 1. The molecule has 3 aromatic rings. The van der Waals surface area contributed by atoms with Crippen LogP contribution in [0.3, 0.4) is 0 Å². The largest absolute Gasteiger partial charge is 0.356 e. The van der Waals surface area contributed by atoms with Crippen LogP contribution in [0.1, 0.15) is 44.9 Å². The van der Waals surface area contributed by atoms with E-state index in [1.807, 2.05) is 30.3 Å². The summed E-state index contributed by atoms with van der Waals surface area (Å²) in [6, 6.07) is 12.3. The van der Waals surface area contributed by atoms with E-state index in [-0.39, 0.29) is 17.9 Å². The number of aromatic nitrogens is 3. The Bertz CT molecular complexity index is 1040. The van der Waals surface area contributed by atoms with E-state index in [2.05, 4.69) is 21.3 Å². The molecule has 1 saturated carbocycles. The van der Waals surface area contributed by atoms with Crippen LogP contribution in [0.25, 0.3) is 22.3 Å². The third-order valence-corrected chi connectivity index (χ3v) is 6.62. The van der Waals surface area contributed by atoms with E-state index in [9.17, 15) is 4.79 Å². The topological polar surface area (TPSA) is 71.0 Å². The highest BCUT2D eigenvalue weighted by Gasteiger charge is 2.27.